The third-order valence-corrected chi connectivity index (χ3v) is 7.50. The molecule has 0 amide bonds. The second-order valence-electron chi connectivity index (χ2n) is 9.20. The van der Waals surface area contributed by atoms with Gasteiger partial charge in [0.15, 0.2) is 0 Å². The highest BCUT2D eigenvalue weighted by Crippen LogP contribution is 2.67. The van der Waals surface area contributed by atoms with Gasteiger partial charge in [0, 0.05) is 24.7 Å². The number of aliphatic hydroxyl groups is 1. The van der Waals surface area contributed by atoms with Gasteiger partial charge in [-0.2, -0.15) is 9.78 Å². The third kappa shape index (κ3) is 1.78. The molecule has 0 radical (unpaired) electrons. The Morgan fingerprint density at radius 1 is 1.00 bits per heavy atom. The first-order valence-electron chi connectivity index (χ1n) is 9.20. The minimum atomic E-state index is -0.607. The lowest BCUT2D eigenvalue weighted by Crippen LogP contribution is -2.48. The van der Waals surface area contributed by atoms with E-state index in [1.165, 1.54) is 25.7 Å². The zero-order valence-corrected chi connectivity index (χ0v) is 13.7. The monoisotopic (exact) mass is 308 g/mol. The number of hydrogen-bond donors (Lipinski definition) is 1. The summed E-state index contributed by atoms with van der Waals surface area (Å²) in [7, 11) is 0. The number of hydrogen-bond acceptors (Lipinski definition) is 4. The van der Waals surface area contributed by atoms with Crippen molar-refractivity contribution in [3.63, 3.8) is 0 Å². The molecule has 124 valence electrons. The maximum atomic E-state index is 10.2. The topological polar surface area (TPSA) is 47.9 Å². The van der Waals surface area contributed by atoms with Crippen molar-refractivity contribution in [2.75, 3.05) is 0 Å². The van der Waals surface area contributed by atoms with E-state index in [1.54, 1.807) is 0 Å². The Hall–Kier alpha value is -0.160. The summed E-state index contributed by atoms with van der Waals surface area (Å²) < 4.78 is 6.64. The fraction of sp³-hybridized carbons (Fsp3) is 1.00. The Labute approximate surface area is 132 Å². The van der Waals surface area contributed by atoms with Gasteiger partial charge < -0.3 is 9.84 Å². The Bertz CT molecular complexity index is 472. The van der Waals surface area contributed by atoms with Gasteiger partial charge in [-0.25, -0.2) is 0 Å². The molecule has 4 nitrogen and oxygen atoms in total. The maximum Gasteiger partial charge on any atom is 0.210 e. The maximum absolute atomic E-state index is 10.2. The summed E-state index contributed by atoms with van der Waals surface area (Å²) in [6, 6.07) is 0. The molecule has 5 unspecified atom stereocenters. The first-order chi connectivity index (χ1) is 10.4. The van der Waals surface area contributed by atoms with E-state index in [1.807, 2.05) is 13.8 Å². The van der Waals surface area contributed by atoms with Gasteiger partial charge in [-0.15, -0.1) is 0 Å². The molecule has 4 bridgehead atoms. The van der Waals surface area contributed by atoms with Gasteiger partial charge in [0.25, 0.3) is 0 Å². The lowest BCUT2D eigenvalue weighted by molar-refractivity contribution is -0.371. The third-order valence-electron chi connectivity index (χ3n) is 7.50. The van der Waals surface area contributed by atoms with Crippen molar-refractivity contribution >= 4 is 0 Å². The van der Waals surface area contributed by atoms with E-state index in [0.717, 1.165) is 37.5 Å². The summed E-state index contributed by atoms with van der Waals surface area (Å²) in [5.41, 5.74) is -0.607. The summed E-state index contributed by atoms with van der Waals surface area (Å²) >= 11 is 0. The molecule has 0 aromatic rings. The zero-order valence-electron chi connectivity index (χ0n) is 13.7. The van der Waals surface area contributed by atoms with Crippen LogP contribution in [0.5, 0.6) is 0 Å². The van der Waals surface area contributed by atoms with Crippen molar-refractivity contribution in [3.8, 4) is 0 Å². The van der Waals surface area contributed by atoms with Crippen molar-refractivity contribution < 1.29 is 19.6 Å². The lowest BCUT2D eigenvalue weighted by atomic mass is 9.76. The van der Waals surface area contributed by atoms with Crippen LogP contribution in [0.3, 0.4) is 0 Å². The Morgan fingerprint density at radius 2 is 1.77 bits per heavy atom. The molecule has 5 aliphatic carbocycles. The largest absolute Gasteiger partial charge is 0.390 e. The van der Waals surface area contributed by atoms with Crippen LogP contribution < -0.4 is 0 Å². The average Bonchev–Trinajstić information content (AvgIpc) is 3.03. The normalized spacial score (nSPS) is 56.6. The van der Waals surface area contributed by atoms with E-state index < -0.39 is 17.2 Å². The fourth-order valence-corrected chi connectivity index (χ4v) is 6.39. The van der Waals surface area contributed by atoms with Crippen LogP contribution in [0, 0.1) is 29.6 Å². The van der Waals surface area contributed by atoms with Gasteiger partial charge in [0.2, 0.25) is 11.6 Å². The molecule has 2 spiro atoms. The van der Waals surface area contributed by atoms with Gasteiger partial charge >= 0.3 is 0 Å². The Balaban J connectivity index is 1.34. The predicted octanol–water partition coefficient (Wildman–Crippen LogP) is 3.38. The van der Waals surface area contributed by atoms with Gasteiger partial charge in [-0.3, -0.25) is 0 Å². The molecular weight excluding hydrogens is 280 g/mol. The van der Waals surface area contributed by atoms with E-state index in [4.69, 9.17) is 14.5 Å². The van der Waals surface area contributed by atoms with E-state index in [9.17, 15) is 5.11 Å². The first-order valence-corrected chi connectivity index (χ1v) is 9.20. The molecule has 5 atom stereocenters. The SMILES string of the molecule is CC(C)(O)C1CCC2(CC1)OOC1(O2)C2CC3CC(C2)C1C3. The Kier molecular flexibility index (Phi) is 2.76. The van der Waals surface area contributed by atoms with Gasteiger partial charge in [0.05, 0.1) is 5.60 Å². The molecule has 1 saturated heterocycles. The molecule has 1 N–H and O–H groups in total. The van der Waals surface area contributed by atoms with Crippen LogP contribution in [-0.4, -0.2) is 22.3 Å². The minimum absolute atomic E-state index is 0.331. The van der Waals surface area contributed by atoms with Gasteiger partial charge in [0.1, 0.15) is 0 Å². The molecular formula is C18H28O4. The van der Waals surface area contributed by atoms with E-state index in [-0.39, 0.29) is 0 Å². The standard InChI is InChI=1S/C18H28O4/c1-16(2,19)13-3-5-17(6-4-13)20-18(22-21-17)14-8-11-7-12(10-14)15(18)9-11/h11-15,19H,3-10H2,1-2H3. The van der Waals surface area contributed by atoms with Crippen LogP contribution >= 0.6 is 0 Å². The van der Waals surface area contributed by atoms with Crippen molar-refractivity contribution in [1.29, 1.82) is 0 Å². The van der Waals surface area contributed by atoms with E-state index >= 15 is 0 Å². The molecule has 6 rings (SSSR count). The van der Waals surface area contributed by atoms with Crippen LogP contribution in [0.4, 0.5) is 0 Å². The first kappa shape index (κ1) is 14.2. The second-order valence-corrected chi connectivity index (χ2v) is 9.20. The zero-order chi connectivity index (χ0) is 15.2. The minimum Gasteiger partial charge on any atom is -0.390 e. The fourth-order valence-electron chi connectivity index (χ4n) is 6.39. The smallest absolute Gasteiger partial charge is 0.210 e. The summed E-state index contributed by atoms with van der Waals surface area (Å²) in [5.74, 6) is 2.18. The summed E-state index contributed by atoms with van der Waals surface area (Å²) in [4.78, 5) is 11.9. The molecule has 5 saturated carbocycles. The quantitative estimate of drug-likeness (QED) is 0.754. The highest BCUT2D eigenvalue weighted by molar-refractivity contribution is 5.10. The van der Waals surface area contributed by atoms with Gasteiger partial charge in [-0.05, 0) is 70.1 Å². The van der Waals surface area contributed by atoms with E-state index in [2.05, 4.69) is 0 Å². The molecule has 1 heterocycles. The highest BCUT2D eigenvalue weighted by atomic mass is 17.3. The molecule has 1 aliphatic heterocycles. The Morgan fingerprint density at radius 3 is 2.45 bits per heavy atom. The van der Waals surface area contributed by atoms with Crippen molar-refractivity contribution in [1.82, 2.24) is 0 Å². The van der Waals surface area contributed by atoms with Crippen LogP contribution in [0.2, 0.25) is 0 Å². The molecule has 0 aromatic carbocycles. The van der Waals surface area contributed by atoms with Crippen molar-refractivity contribution in [2.24, 2.45) is 29.6 Å². The highest BCUT2D eigenvalue weighted by Gasteiger charge is 2.70. The number of rotatable bonds is 1. The van der Waals surface area contributed by atoms with Crippen LogP contribution in [0.25, 0.3) is 0 Å². The molecule has 4 heteroatoms. The van der Waals surface area contributed by atoms with Crippen LogP contribution in [0.15, 0.2) is 0 Å². The molecule has 6 aliphatic rings. The van der Waals surface area contributed by atoms with Crippen LogP contribution in [0.1, 0.15) is 65.2 Å². The summed E-state index contributed by atoms with van der Waals surface area (Å²) in [6.07, 6.45) is 8.77. The lowest BCUT2D eigenvalue weighted by Gasteiger charge is -2.41. The van der Waals surface area contributed by atoms with Crippen LogP contribution in [-0.2, 0) is 14.5 Å². The second kappa shape index (κ2) is 4.27. The molecule has 22 heavy (non-hydrogen) atoms. The van der Waals surface area contributed by atoms with Gasteiger partial charge in [-0.1, -0.05) is 0 Å². The van der Waals surface area contributed by atoms with E-state index in [0.29, 0.717) is 17.8 Å². The number of ether oxygens (including phenoxy) is 1. The molecule has 0 aromatic heterocycles. The van der Waals surface area contributed by atoms with Crippen molar-refractivity contribution in [2.45, 2.75) is 82.4 Å². The average molecular weight is 308 g/mol. The summed E-state index contributed by atoms with van der Waals surface area (Å²) in [5, 5.41) is 10.2. The predicted molar refractivity (Wildman–Crippen MR) is 79.4 cm³/mol. The van der Waals surface area contributed by atoms with Crippen molar-refractivity contribution in [3.05, 3.63) is 0 Å². The summed E-state index contributed by atoms with van der Waals surface area (Å²) in [6.45, 7) is 3.83. The molecule has 6 fully saturated rings.